The lowest BCUT2D eigenvalue weighted by Gasteiger charge is -2.42. The predicted octanol–water partition coefficient (Wildman–Crippen LogP) is 6.63. The molecule has 1 saturated heterocycles. The van der Waals surface area contributed by atoms with E-state index in [2.05, 4.69) is 72.6 Å². The van der Waals surface area contributed by atoms with Gasteiger partial charge in [-0.2, -0.15) is 0 Å². The van der Waals surface area contributed by atoms with Crippen molar-refractivity contribution in [3.05, 3.63) is 60.7 Å². The standard InChI is InChI=1S/C30H44N2P2/c1-32-23-29(34(27-18-10-4-11-19-27)28-20-12-5-13-21-28)22-30(32,31)24-33(25-14-6-2-7-15-25)26-16-8-3-9-17-26/h2-3,6-9,14-17,27-29H,4-5,10-13,18-24,31H2,1H3/t29-,30-/m1/s1. The molecular formula is C30H44N2P2. The van der Waals surface area contributed by atoms with Gasteiger partial charge in [0.1, 0.15) is 0 Å². The summed E-state index contributed by atoms with van der Waals surface area (Å²) in [6, 6.07) is 22.4. The zero-order chi connectivity index (χ0) is 23.4. The van der Waals surface area contributed by atoms with Crippen LogP contribution in [0.2, 0.25) is 0 Å². The van der Waals surface area contributed by atoms with Crippen LogP contribution in [-0.4, -0.2) is 47.3 Å². The summed E-state index contributed by atoms with van der Waals surface area (Å²) in [6.45, 7) is 1.22. The molecule has 1 heterocycles. The quantitative estimate of drug-likeness (QED) is 0.438. The van der Waals surface area contributed by atoms with Crippen LogP contribution in [0.25, 0.3) is 0 Å². The topological polar surface area (TPSA) is 29.3 Å². The van der Waals surface area contributed by atoms with Gasteiger partial charge in [-0.05, 0) is 74.7 Å². The monoisotopic (exact) mass is 494 g/mol. The molecule has 3 aliphatic rings. The van der Waals surface area contributed by atoms with Gasteiger partial charge in [0.25, 0.3) is 0 Å². The predicted molar refractivity (Wildman–Crippen MR) is 153 cm³/mol. The third-order valence-electron chi connectivity index (χ3n) is 8.82. The highest BCUT2D eigenvalue weighted by atomic mass is 31.1. The zero-order valence-electron chi connectivity index (χ0n) is 21.1. The van der Waals surface area contributed by atoms with Gasteiger partial charge in [0.2, 0.25) is 0 Å². The molecule has 2 N–H and O–H groups in total. The van der Waals surface area contributed by atoms with E-state index in [0.717, 1.165) is 23.1 Å². The van der Waals surface area contributed by atoms with Gasteiger partial charge in [-0.15, -0.1) is 0 Å². The summed E-state index contributed by atoms with van der Waals surface area (Å²) in [6.07, 6.45) is 17.1. The Morgan fingerprint density at radius 1 is 0.735 bits per heavy atom. The molecule has 5 rings (SSSR count). The summed E-state index contributed by atoms with van der Waals surface area (Å²) >= 11 is 0. The Morgan fingerprint density at radius 2 is 1.21 bits per heavy atom. The number of hydrogen-bond donors (Lipinski definition) is 1. The van der Waals surface area contributed by atoms with E-state index in [4.69, 9.17) is 5.73 Å². The summed E-state index contributed by atoms with van der Waals surface area (Å²) in [5.41, 5.74) is 10.1. The molecule has 0 radical (unpaired) electrons. The fourth-order valence-corrected chi connectivity index (χ4v) is 14.3. The van der Waals surface area contributed by atoms with Crippen LogP contribution in [0.15, 0.2) is 60.7 Å². The lowest BCUT2D eigenvalue weighted by Crippen LogP contribution is -2.53. The van der Waals surface area contributed by atoms with Crippen molar-refractivity contribution in [2.45, 2.75) is 93.3 Å². The second kappa shape index (κ2) is 11.5. The molecular weight excluding hydrogens is 450 g/mol. The molecule has 3 fully saturated rings. The van der Waals surface area contributed by atoms with Gasteiger partial charge in [-0.25, -0.2) is 0 Å². The van der Waals surface area contributed by atoms with E-state index in [1.807, 2.05) is 0 Å². The Labute approximate surface area is 210 Å². The van der Waals surface area contributed by atoms with E-state index in [0.29, 0.717) is 0 Å². The smallest absolute Gasteiger partial charge is 0.0737 e. The first kappa shape index (κ1) is 24.9. The average molecular weight is 495 g/mol. The van der Waals surface area contributed by atoms with Gasteiger partial charge in [0.15, 0.2) is 0 Å². The minimum absolute atomic E-state index is 0.0688. The summed E-state index contributed by atoms with van der Waals surface area (Å²) in [4.78, 5) is 2.58. The van der Waals surface area contributed by atoms with Crippen molar-refractivity contribution in [1.82, 2.24) is 4.90 Å². The van der Waals surface area contributed by atoms with Crippen molar-refractivity contribution in [2.24, 2.45) is 5.73 Å². The second-order valence-corrected chi connectivity index (χ2v) is 16.4. The van der Waals surface area contributed by atoms with E-state index in [1.165, 1.54) is 87.8 Å². The number of hydrogen-bond acceptors (Lipinski definition) is 2. The molecule has 4 heteroatoms. The first-order chi connectivity index (χ1) is 16.6. The van der Waals surface area contributed by atoms with E-state index < -0.39 is 7.92 Å². The van der Waals surface area contributed by atoms with Crippen LogP contribution < -0.4 is 16.3 Å². The van der Waals surface area contributed by atoms with Crippen LogP contribution in [0.3, 0.4) is 0 Å². The molecule has 2 nitrogen and oxygen atoms in total. The highest BCUT2D eigenvalue weighted by Crippen LogP contribution is 2.62. The average Bonchev–Trinajstić information content (AvgIpc) is 3.18. The largest absolute Gasteiger partial charge is 0.313 e. The van der Waals surface area contributed by atoms with E-state index in [-0.39, 0.29) is 13.6 Å². The van der Waals surface area contributed by atoms with Gasteiger partial charge < -0.3 is 5.73 Å². The molecule has 2 aliphatic carbocycles. The third kappa shape index (κ3) is 5.62. The number of likely N-dealkylation sites (tertiary alicyclic amines) is 1. The molecule has 2 aromatic rings. The van der Waals surface area contributed by atoms with Crippen molar-refractivity contribution in [3.8, 4) is 0 Å². The van der Waals surface area contributed by atoms with Crippen LogP contribution in [0, 0.1) is 0 Å². The second-order valence-electron chi connectivity index (χ2n) is 11.1. The first-order valence-corrected chi connectivity index (χ1v) is 16.9. The minimum atomic E-state index is -0.464. The summed E-state index contributed by atoms with van der Waals surface area (Å²) in [7, 11) is 1.94. The minimum Gasteiger partial charge on any atom is -0.313 e. The van der Waals surface area contributed by atoms with Gasteiger partial charge in [-0.1, -0.05) is 107 Å². The summed E-state index contributed by atoms with van der Waals surface area (Å²) < 4.78 is 0. The number of nitrogens with zero attached hydrogens (tertiary/aromatic N) is 1. The Kier molecular flexibility index (Phi) is 8.43. The molecule has 2 saturated carbocycles. The molecule has 0 bridgehead atoms. The first-order valence-electron chi connectivity index (χ1n) is 13.8. The van der Waals surface area contributed by atoms with Crippen molar-refractivity contribution >= 4 is 26.5 Å². The lowest BCUT2D eigenvalue weighted by molar-refractivity contribution is 0.208. The Hall–Kier alpha value is -0.780. The maximum absolute atomic E-state index is 7.42. The molecule has 0 unspecified atom stereocenters. The van der Waals surface area contributed by atoms with Crippen LogP contribution in [-0.2, 0) is 0 Å². The maximum atomic E-state index is 7.42. The van der Waals surface area contributed by atoms with Gasteiger partial charge in [-0.3, -0.25) is 4.90 Å². The highest BCUT2D eigenvalue weighted by Gasteiger charge is 2.48. The molecule has 0 amide bonds. The third-order valence-corrected chi connectivity index (χ3v) is 15.4. The fourth-order valence-electron chi connectivity index (χ4n) is 6.99. The van der Waals surface area contributed by atoms with Crippen LogP contribution in [0.1, 0.15) is 70.6 Å². The van der Waals surface area contributed by atoms with Crippen molar-refractivity contribution in [3.63, 3.8) is 0 Å². The SMILES string of the molecule is CN1C[C@H](P(C2CCCCC2)C2CCCCC2)C[C@]1(N)CP(c1ccccc1)c1ccccc1. The van der Waals surface area contributed by atoms with E-state index >= 15 is 0 Å². The molecule has 1 aliphatic heterocycles. The van der Waals surface area contributed by atoms with Gasteiger partial charge >= 0.3 is 0 Å². The lowest BCUT2D eigenvalue weighted by atomic mass is 9.99. The van der Waals surface area contributed by atoms with Crippen LogP contribution in [0.5, 0.6) is 0 Å². The fraction of sp³-hybridized carbons (Fsp3) is 0.600. The molecule has 2 atom stereocenters. The van der Waals surface area contributed by atoms with Gasteiger partial charge in [0, 0.05) is 12.7 Å². The van der Waals surface area contributed by atoms with E-state index in [1.54, 1.807) is 0 Å². The molecule has 0 spiro atoms. The molecule has 184 valence electrons. The Balaban J connectivity index is 1.39. The molecule has 2 aromatic carbocycles. The summed E-state index contributed by atoms with van der Waals surface area (Å²) in [5.74, 6) is 0. The normalized spacial score (nSPS) is 27.6. The maximum Gasteiger partial charge on any atom is 0.0737 e. The Morgan fingerprint density at radius 3 is 1.68 bits per heavy atom. The number of rotatable bonds is 7. The molecule has 34 heavy (non-hydrogen) atoms. The van der Waals surface area contributed by atoms with E-state index in [9.17, 15) is 0 Å². The summed E-state index contributed by atoms with van der Waals surface area (Å²) in [5, 5.41) is 2.93. The number of nitrogens with two attached hydrogens (primary N) is 1. The molecule has 0 aromatic heterocycles. The zero-order valence-corrected chi connectivity index (χ0v) is 22.9. The number of benzene rings is 2. The Bertz CT molecular complexity index is 822. The highest BCUT2D eigenvalue weighted by molar-refractivity contribution is 7.73. The van der Waals surface area contributed by atoms with Crippen molar-refractivity contribution in [2.75, 3.05) is 19.8 Å². The van der Waals surface area contributed by atoms with Crippen LogP contribution >= 0.6 is 15.8 Å². The van der Waals surface area contributed by atoms with Gasteiger partial charge in [0.05, 0.1) is 5.66 Å². The van der Waals surface area contributed by atoms with Crippen LogP contribution in [0.4, 0.5) is 0 Å². The van der Waals surface area contributed by atoms with Crippen molar-refractivity contribution < 1.29 is 0 Å². The van der Waals surface area contributed by atoms with Crippen molar-refractivity contribution in [1.29, 1.82) is 0 Å².